The average molecular weight is 352 g/mol. The van der Waals surface area contributed by atoms with E-state index in [2.05, 4.69) is 11.9 Å². The van der Waals surface area contributed by atoms with Crippen LogP contribution in [0.5, 0.6) is 5.75 Å². The fourth-order valence-electron chi connectivity index (χ4n) is 2.48. The van der Waals surface area contributed by atoms with Gasteiger partial charge in [-0.25, -0.2) is 4.99 Å². The number of hydrogen-bond acceptors (Lipinski definition) is 4. The molecule has 0 atom stereocenters. The largest absolute Gasteiger partial charge is 0.497 e. The summed E-state index contributed by atoms with van der Waals surface area (Å²) in [7, 11) is 1.63. The number of methoxy groups -OCH3 is 1. The van der Waals surface area contributed by atoms with Gasteiger partial charge in [0.25, 0.3) is 5.91 Å². The molecule has 1 heterocycles. The average Bonchev–Trinajstić information content (AvgIpc) is 2.92. The highest BCUT2D eigenvalue weighted by molar-refractivity contribution is 8.18. The monoisotopic (exact) mass is 352 g/mol. The third-order valence-corrected chi connectivity index (χ3v) is 4.74. The van der Waals surface area contributed by atoms with Gasteiger partial charge in [-0.15, -0.1) is 0 Å². The van der Waals surface area contributed by atoms with Crippen LogP contribution in [-0.2, 0) is 4.79 Å². The number of amides is 1. The van der Waals surface area contributed by atoms with Gasteiger partial charge in [-0.2, -0.15) is 0 Å². The lowest BCUT2D eigenvalue weighted by Gasteiger charge is -2.14. The third-order valence-electron chi connectivity index (χ3n) is 3.73. The van der Waals surface area contributed by atoms with Crippen LogP contribution in [0.4, 0.5) is 5.69 Å². The molecule has 0 aliphatic carbocycles. The van der Waals surface area contributed by atoms with Gasteiger partial charge in [0.2, 0.25) is 0 Å². The van der Waals surface area contributed by atoms with Crippen molar-refractivity contribution in [1.29, 1.82) is 0 Å². The van der Waals surface area contributed by atoms with Gasteiger partial charge < -0.3 is 4.74 Å². The van der Waals surface area contributed by atoms with E-state index in [0.717, 1.165) is 28.6 Å². The van der Waals surface area contributed by atoms with Gasteiger partial charge in [-0.05, 0) is 54.1 Å². The zero-order valence-electron chi connectivity index (χ0n) is 14.3. The molecule has 0 spiro atoms. The molecule has 1 fully saturated rings. The van der Waals surface area contributed by atoms with E-state index < -0.39 is 0 Å². The zero-order valence-corrected chi connectivity index (χ0v) is 15.1. The van der Waals surface area contributed by atoms with Crippen LogP contribution in [-0.4, -0.2) is 29.6 Å². The second-order valence-corrected chi connectivity index (χ2v) is 6.58. The Labute approximate surface area is 152 Å². The number of thioether (sulfide) groups is 1. The summed E-state index contributed by atoms with van der Waals surface area (Å²) in [6, 6.07) is 17.4. The number of ether oxygens (including phenoxy) is 1. The predicted octanol–water partition coefficient (Wildman–Crippen LogP) is 4.71. The minimum absolute atomic E-state index is 0.0166. The smallest absolute Gasteiger partial charge is 0.266 e. The number of benzene rings is 2. The van der Waals surface area contributed by atoms with Crippen molar-refractivity contribution in [1.82, 2.24) is 4.90 Å². The number of hydrogen-bond donors (Lipinski definition) is 0. The molecule has 2 aromatic rings. The summed E-state index contributed by atoms with van der Waals surface area (Å²) >= 11 is 1.42. The lowest BCUT2D eigenvalue weighted by Crippen LogP contribution is -2.29. The van der Waals surface area contributed by atoms with Crippen LogP contribution < -0.4 is 4.74 Å². The van der Waals surface area contributed by atoms with Crippen molar-refractivity contribution >= 4 is 34.6 Å². The van der Waals surface area contributed by atoms with E-state index in [1.165, 1.54) is 11.8 Å². The van der Waals surface area contributed by atoms with Crippen molar-refractivity contribution in [3.05, 3.63) is 65.1 Å². The van der Waals surface area contributed by atoms with Gasteiger partial charge in [0.05, 0.1) is 17.7 Å². The topological polar surface area (TPSA) is 41.9 Å². The second kappa shape index (κ2) is 8.03. The molecule has 0 saturated carbocycles. The van der Waals surface area contributed by atoms with Crippen LogP contribution in [0.15, 0.2) is 64.5 Å². The van der Waals surface area contributed by atoms with Crippen molar-refractivity contribution < 1.29 is 9.53 Å². The summed E-state index contributed by atoms with van der Waals surface area (Å²) in [6.07, 6.45) is 2.80. The molecule has 3 rings (SSSR count). The van der Waals surface area contributed by atoms with Gasteiger partial charge in [-0.1, -0.05) is 37.3 Å². The third kappa shape index (κ3) is 4.12. The van der Waals surface area contributed by atoms with E-state index in [9.17, 15) is 4.79 Å². The van der Waals surface area contributed by atoms with Crippen molar-refractivity contribution in [2.75, 3.05) is 13.7 Å². The van der Waals surface area contributed by atoms with E-state index in [4.69, 9.17) is 4.74 Å². The Hall–Kier alpha value is -2.53. The van der Waals surface area contributed by atoms with Crippen LogP contribution >= 0.6 is 11.8 Å². The number of carbonyl (C=O) groups is 1. The molecule has 128 valence electrons. The molecule has 0 bridgehead atoms. The van der Waals surface area contributed by atoms with Crippen LogP contribution in [0.2, 0.25) is 0 Å². The Balaban J connectivity index is 1.90. The molecule has 0 unspecified atom stereocenters. The molecule has 0 N–H and O–H groups in total. The summed E-state index contributed by atoms with van der Waals surface area (Å²) < 4.78 is 5.17. The first-order valence-corrected chi connectivity index (χ1v) is 9.02. The van der Waals surface area contributed by atoms with Gasteiger partial charge in [-0.3, -0.25) is 9.69 Å². The summed E-state index contributed by atoms with van der Waals surface area (Å²) in [5.41, 5.74) is 1.82. The Morgan fingerprint density at radius 1 is 1.12 bits per heavy atom. The lowest BCUT2D eigenvalue weighted by molar-refractivity contribution is -0.122. The van der Waals surface area contributed by atoms with Crippen molar-refractivity contribution in [3.63, 3.8) is 0 Å². The highest BCUT2D eigenvalue weighted by atomic mass is 32.2. The number of amidine groups is 1. The highest BCUT2D eigenvalue weighted by Crippen LogP contribution is 2.34. The lowest BCUT2D eigenvalue weighted by atomic mass is 10.2. The standard InChI is InChI=1S/C20H20N2O2S/c1-3-13-22-19(23)18(14-15-7-5-4-6-8-15)25-20(22)21-16-9-11-17(24-2)12-10-16/h4-12,14H,3,13H2,1-2H3. The molecule has 25 heavy (non-hydrogen) atoms. The Morgan fingerprint density at radius 2 is 1.84 bits per heavy atom. The first-order chi connectivity index (χ1) is 12.2. The molecule has 1 aliphatic rings. The van der Waals surface area contributed by atoms with Gasteiger partial charge in [0.1, 0.15) is 5.75 Å². The fraction of sp³-hybridized carbons (Fsp3) is 0.200. The number of aliphatic imine (C=N–C) groups is 1. The summed E-state index contributed by atoms with van der Waals surface area (Å²) in [5, 5.41) is 0.721. The number of rotatable bonds is 5. The molecule has 1 saturated heterocycles. The SMILES string of the molecule is CCCN1C(=O)C(=Cc2ccccc2)SC1=Nc1ccc(OC)cc1. The van der Waals surface area contributed by atoms with E-state index in [-0.39, 0.29) is 5.91 Å². The summed E-state index contributed by atoms with van der Waals surface area (Å²) in [4.78, 5) is 19.9. The van der Waals surface area contributed by atoms with E-state index in [1.54, 1.807) is 12.0 Å². The number of carbonyl (C=O) groups excluding carboxylic acids is 1. The van der Waals surface area contributed by atoms with Crippen LogP contribution in [0.1, 0.15) is 18.9 Å². The van der Waals surface area contributed by atoms with E-state index in [1.807, 2.05) is 60.7 Å². The van der Waals surface area contributed by atoms with Gasteiger partial charge >= 0.3 is 0 Å². The van der Waals surface area contributed by atoms with Gasteiger partial charge in [0.15, 0.2) is 5.17 Å². The molecule has 1 amide bonds. The molecule has 5 heteroatoms. The maximum absolute atomic E-state index is 12.7. The fourth-order valence-corrected chi connectivity index (χ4v) is 3.50. The van der Waals surface area contributed by atoms with E-state index in [0.29, 0.717) is 11.4 Å². The Kier molecular flexibility index (Phi) is 5.56. The van der Waals surface area contributed by atoms with Crippen molar-refractivity contribution in [2.24, 2.45) is 4.99 Å². The molecule has 0 aromatic heterocycles. The molecule has 2 aromatic carbocycles. The first kappa shape index (κ1) is 17.3. The molecule has 0 radical (unpaired) electrons. The van der Waals surface area contributed by atoms with E-state index >= 15 is 0 Å². The number of nitrogens with zero attached hydrogens (tertiary/aromatic N) is 2. The second-order valence-electron chi connectivity index (χ2n) is 5.57. The Bertz CT molecular complexity index is 798. The minimum atomic E-state index is 0.0166. The predicted molar refractivity (Wildman–Crippen MR) is 104 cm³/mol. The van der Waals surface area contributed by atoms with Crippen LogP contribution in [0.25, 0.3) is 6.08 Å². The van der Waals surface area contributed by atoms with Crippen molar-refractivity contribution in [3.8, 4) is 5.75 Å². The molecule has 4 nitrogen and oxygen atoms in total. The van der Waals surface area contributed by atoms with Crippen LogP contribution in [0.3, 0.4) is 0 Å². The highest BCUT2D eigenvalue weighted by Gasteiger charge is 2.32. The zero-order chi connectivity index (χ0) is 17.6. The Morgan fingerprint density at radius 3 is 2.48 bits per heavy atom. The molecular formula is C20H20N2O2S. The summed E-state index contributed by atoms with van der Waals surface area (Å²) in [5.74, 6) is 0.803. The maximum Gasteiger partial charge on any atom is 0.266 e. The minimum Gasteiger partial charge on any atom is -0.497 e. The quantitative estimate of drug-likeness (QED) is 0.732. The first-order valence-electron chi connectivity index (χ1n) is 8.20. The van der Waals surface area contributed by atoms with Crippen molar-refractivity contribution in [2.45, 2.75) is 13.3 Å². The summed E-state index contributed by atoms with van der Waals surface area (Å²) in [6.45, 7) is 2.72. The van der Waals surface area contributed by atoms with Crippen LogP contribution in [0, 0.1) is 0 Å². The molecular weight excluding hydrogens is 332 g/mol. The maximum atomic E-state index is 12.7. The van der Waals surface area contributed by atoms with Gasteiger partial charge in [0, 0.05) is 6.54 Å². The normalized spacial score (nSPS) is 17.5. The molecule has 1 aliphatic heterocycles.